The van der Waals surface area contributed by atoms with Gasteiger partial charge < -0.3 is 15.5 Å². The third kappa shape index (κ3) is 6.97. The molecule has 0 unspecified atom stereocenters. The minimum Gasteiger partial charge on any atom is -0.397 e. The molecule has 2 amide bonds. The first kappa shape index (κ1) is 31.7. The van der Waals surface area contributed by atoms with E-state index >= 15 is 0 Å². The predicted molar refractivity (Wildman–Crippen MR) is 178 cm³/mol. The van der Waals surface area contributed by atoms with Crippen molar-refractivity contribution in [3.05, 3.63) is 72.1 Å². The topological polar surface area (TPSA) is 168 Å². The zero-order chi connectivity index (χ0) is 33.1. The minimum atomic E-state index is -0.234. The summed E-state index contributed by atoms with van der Waals surface area (Å²) in [5, 5.41) is 10.8. The molecule has 1 atom stereocenters. The fraction of sp³-hybridized carbons (Fsp3) is 0.394. The Morgan fingerprint density at radius 3 is 2.53 bits per heavy atom. The molecule has 0 aromatic carbocycles. The first-order valence-electron chi connectivity index (χ1n) is 15.9. The van der Waals surface area contributed by atoms with Gasteiger partial charge in [0.15, 0.2) is 11.5 Å². The Kier molecular flexibility index (Phi) is 9.20. The summed E-state index contributed by atoms with van der Waals surface area (Å²) in [5.41, 5.74) is 10.0. The van der Waals surface area contributed by atoms with Crippen molar-refractivity contribution in [2.45, 2.75) is 20.3 Å². The number of hydrogen-bond acceptors (Lipinski definition) is 10. The van der Waals surface area contributed by atoms with Gasteiger partial charge in [-0.2, -0.15) is 5.10 Å². The number of amides is 2. The second-order valence-electron chi connectivity index (χ2n) is 12.0. The molecule has 4 aromatic heterocycles. The van der Waals surface area contributed by atoms with Gasteiger partial charge in [-0.25, -0.2) is 15.0 Å². The Morgan fingerprint density at radius 2 is 1.85 bits per heavy atom. The number of nitrogen functional groups attached to an aromatic ring is 1. The van der Waals surface area contributed by atoms with Crippen LogP contribution in [0.25, 0.3) is 11.4 Å². The fourth-order valence-corrected chi connectivity index (χ4v) is 6.16. The van der Waals surface area contributed by atoms with Crippen molar-refractivity contribution in [2.24, 2.45) is 13.0 Å². The molecule has 6 heterocycles. The highest BCUT2D eigenvalue weighted by Gasteiger charge is 2.34. The van der Waals surface area contributed by atoms with Crippen LogP contribution in [0, 0.1) is 12.8 Å². The van der Waals surface area contributed by atoms with Crippen molar-refractivity contribution in [1.82, 2.24) is 39.5 Å². The lowest BCUT2D eigenvalue weighted by molar-refractivity contribution is -0.132. The van der Waals surface area contributed by atoms with Gasteiger partial charge in [-0.3, -0.25) is 34.5 Å². The molecule has 244 valence electrons. The van der Waals surface area contributed by atoms with Crippen LogP contribution in [0.5, 0.6) is 0 Å². The SMILES string of the molecule is CCN(C(=O)[C@@H]1CCN(CC(=O)N2CCN(c3ccc(-c4ncn(C)n4)cn3)CC2)C1)c1ccc(N)c(C(=[NH2+])c2ccnc(C)c2)n1. The smallest absolute Gasteiger partial charge is 0.236 e. The molecule has 14 nitrogen and oxygen atoms in total. The number of aryl methyl sites for hydroxylation is 2. The maximum Gasteiger partial charge on any atom is 0.236 e. The van der Waals surface area contributed by atoms with Crippen molar-refractivity contribution in [2.75, 3.05) is 67.9 Å². The van der Waals surface area contributed by atoms with E-state index in [4.69, 9.17) is 16.1 Å². The molecule has 2 aliphatic heterocycles. The van der Waals surface area contributed by atoms with Crippen LogP contribution in [-0.4, -0.2) is 109 Å². The summed E-state index contributed by atoms with van der Waals surface area (Å²) >= 11 is 0. The zero-order valence-corrected chi connectivity index (χ0v) is 27.1. The summed E-state index contributed by atoms with van der Waals surface area (Å²) in [6, 6.07) is 11.1. The molecule has 4 N–H and O–H groups in total. The van der Waals surface area contributed by atoms with Gasteiger partial charge in [0.2, 0.25) is 17.5 Å². The molecule has 0 radical (unpaired) electrons. The highest BCUT2D eigenvalue weighted by molar-refractivity contribution is 6.11. The Morgan fingerprint density at radius 1 is 1.04 bits per heavy atom. The van der Waals surface area contributed by atoms with E-state index in [-0.39, 0.29) is 17.7 Å². The molecule has 2 aliphatic rings. The Balaban J connectivity index is 1.02. The number of nitrogens with two attached hydrogens (primary N) is 2. The second-order valence-corrected chi connectivity index (χ2v) is 12.0. The van der Waals surface area contributed by atoms with Crippen molar-refractivity contribution in [3.8, 4) is 11.4 Å². The Hall–Kier alpha value is -5.24. The highest BCUT2D eigenvalue weighted by Crippen LogP contribution is 2.25. The standard InChI is InChI=1S/C33H40N12O2/c1-4-45(28-8-6-26(34)31(39-28)30(35)23-9-11-36-22(2)17-23)33(47)25-10-12-42(19-25)20-29(46)44-15-13-43(14-16-44)27-7-5-24(18-37-27)32-38-21-41(3)40-32/h5-9,11,17-18,21,25,35H,4,10,12-16,19-20,34H2,1-3H3/p+1/t25-/m1/s1. The summed E-state index contributed by atoms with van der Waals surface area (Å²) < 4.78 is 1.66. The maximum absolute atomic E-state index is 13.7. The molecule has 0 saturated carbocycles. The van der Waals surface area contributed by atoms with Gasteiger partial charge in [0.05, 0.1) is 23.7 Å². The van der Waals surface area contributed by atoms with Gasteiger partial charge in [-0.15, -0.1) is 0 Å². The Bertz CT molecular complexity index is 1760. The van der Waals surface area contributed by atoms with E-state index in [1.165, 1.54) is 0 Å². The van der Waals surface area contributed by atoms with Gasteiger partial charge >= 0.3 is 0 Å². The largest absolute Gasteiger partial charge is 0.397 e. The van der Waals surface area contributed by atoms with Crippen molar-refractivity contribution in [3.63, 3.8) is 0 Å². The molecule has 0 spiro atoms. The fourth-order valence-electron chi connectivity index (χ4n) is 6.16. The van der Waals surface area contributed by atoms with E-state index < -0.39 is 0 Å². The van der Waals surface area contributed by atoms with E-state index in [9.17, 15) is 9.59 Å². The lowest BCUT2D eigenvalue weighted by Crippen LogP contribution is -2.51. The van der Waals surface area contributed by atoms with Gasteiger partial charge in [0.1, 0.15) is 18.0 Å². The first-order valence-corrected chi connectivity index (χ1v) is 15.9. The van der Waals surface area contributed by atoms with E-state index in [2.05, 4.69) is 29.9 Å². The number of nitrogens with zero attached hydrogens (tertiary/aromatic N) is 10. The van der Waals surface area contributed by atoms with Crippen LogP contribution < -0.4 is 20.9 Å². The molecule has 47 heavy (non-hydrogen) atoms. The van der Waals surface area contributed by atoms with Crippen LogP contribution in [0.3, 0.4) is 0 Å². The number of carbonyl (C=O) groups is 2. The molecule has 14 heteroatoms. The average molecular weight is 638 g/mol. The van der Waals surface area contributed by atoms with Gasteiger partial charge in [-0.1, -0.05) is 0 Å². The average Bonchev–Trinajstić information content (AvgIpc) is 3.74. The van der Waals surface area contributed by atoms with Gasteiger partial charge in [-0.05, 0) is 63.2 Å². The van der Waals surface area contributed by atoms with Crippen LogP contribution in [0.2, 0.25) is 0 Å². The van der Waals surface area contributed by atoms with Crippen LogP contribution in [0.15, 0.2) is 55.1 Å². The Labute approximate surface area is 273 Å². The number of likely N-dealkylation sites (tertiary alicyclic amines) is 1. The highest BCUT2D eigenvalue weighted by atomic mass is 16.2. The normalized spacial score (nSPS) is 16.8. The summed E-state index contributed by atoms with van der Waals surface area (Å²) in [6.07, 6.45) is 5.82. The maximum atomic E-state index is 13.7. The lowest BCUT2D eigenvalue weighted by atomic mass is 10.1. The summed E-state index contributed by atoms with van der Waals surface area (Å²) in [4.78, 5) is 52.7. The number of piperazine rings is 1. The third-order valence-corrected chi connectivity index (χ3v) is 8.78. The third-order valence-electron chi connectivity index (χ3n) is 8.78. The molecule has 2 saturated heterocycles. The van der Waals surface area contributed by atoms with Gasteiger partial charge in [0.25, 0.3) is 0 Å². The summed E-state index contributed by atoms with van der Waals surface area (Å²) in [7, 11) is 1.83. The molecule has 6 rings (SSSR count). The van der Waals surface area contributed by atoms with E-state index in [0.29, 0.717) is 87.5 Å². The van der Waals surface area contributed by atoms with E-state index in [0.717, 1.165) is 22.6 Å². The molecule has 0 aliphatic carbocycles. The minimum absolute atomic E-state index is 0.0186. The van der Waals surface area contributed by atoms with Crippen molar-refractivity contribution in [1.29, 1.82) is 0 Å². The molecule has 2 fully saturated rings. The molecular weight excluding hydrogens is 596 g/mol. The number of rotatable bonds is 9. The number of hydrogen-bond donors (Lipinski definition) is 2. The quantitative estimate of drug-likeness (QED) is 0.242. The van der Waals surface area contributed by atoms with Crippen LogP contribution >= 0.6 is 0 Å². The van der Waals surface area contributed by atoms with Crippen LogP contribution in [0.1, 0.15) is 30.3 Å². The summed E-state index contributed by atoms with van der Waals surface area (Å²) in [6.45, 7) is 8.40. The lowest BCUT2D eigenvalue weighted by Gasteiger charge is -2.36. The number of carbonyl (C=O) groups excluding carboxylic acids is 2. The van der Waals surface area contributed by atoms with E-state index in [1.54, 1.807) is 40.4 Å². The second kappa shape index (κ2) is 13.6. The number of pyridine rings is 3. The first-order chi connectivity index (χ1) is 22.7. The van der Waals surface area contributed by atoms with Crippen LogP contribution in [-0.2, 0) is 16.6 Å². The molecule has 4 aromatic rings. The molecular formula is C33H41N12O2+. The zero-order valence-electron chi connectivity index (χ0n) is 27.1. The number of aromatic nitrogens is 6. The van der Waals surface area contributed by atoms with Crippen molar-refractivity contribution < 1.29 is 15.0 Å². The van der Waals surface area contributed by atoms with Gasteiger partial charge in [0, 0.05) is 70.0 Å². The van der Waals surface area contributed by atoms with Crippen LogP contribution in [0.4, 0.5) is 17.3 Å². The van der Waals surface area contributed by atoms with E-state index in [1.807, 2.05) is 50.1 Å². The monoisotopic (exact) mass is 637 g/mol. The summed E-state index contributed by atoms with van der Waals surface area (Å²) in [5.74, 6) is 1.84. The predicted octanol–water partition coefficient (Wildman–Crippen LogP) is 0.178. The molecule has 0 bridgehead atoms. The number of anilines is 3. The van der Waals surface area contributed by atoms with Crippen molar-refractivity contribution >= 4 is 34.8 Å².